The molecular formula is C17H24N2O2. The van der Waals surface area contributed by atoms with Crippen molar-refractivity contribution in [2.24, 2.45) is 0 Å². The van der Waals surface area contributed by atoms with E-state index in [2.05, 4.69) is 23.5 Å². The van der Waals surface area contributed by atoms with Gasteiger partial charge in [0.2, 0.25) is 0 Å². The minimum absolute atomic E-state index is 0.0318. The average Bonchev–Trinajstić information content (AvgIpc) is 3.00. The molecule has 1 N–H and O–H groups in total. The Kier molecular flexibility index (Phi) is 4.44. The van der Waals surface area contributed by atoms with Crippen LogP contribution in [0.25, 0.3) is 0 Å². The van der Waals surface area contributed by atoms with E-state index in [-0.39, 0.29) is 12.1 Å². The van der Waals surface area contributed by atoms with Crippen LogP contribution in [0.4, 0.5) is 4.79 Å². The molecule has 1 aromatic carbocycles. The summed E-state index contributed by atoms with van der Waals surface area (Å²) < 4.78 is 5.87. The lowest BCUT2D eigenvalue weighted by atomic mass is 9.99. The lowest BCUT2D eigenvalue weighted by molar-refractivity contribution is 0.0149. The highest BCUT2D eigenvalue weighted by Gasteiger charge is 2.24. The molecule has 1 aliphatic heterocycles. The maximum Gasteiger partial charge on any atom is 0.317 e. The van der Waals surface area contributed by atoms with Crippen LogP contribution in [0.1, 0.15) is 36.8 Å². The summed E-state index contributed by atoms with van der Waals surface area (Å²) >= 11 is 0. The number of fused-ring (bicyclic) bond motifs is 1. The Labute approximate surface area is 126 Å². The first kappa shape index (κ1) is 14.4. The Bertz CT molecular complexity index is 497. The molecular weight excluding hydrogens is 264 g/mol. The predicted octanol–water partition coefficient (Wildman–Crippen LogP) is 2.71. The fraction of sp³-hybridized carbons (Fsp3) is 0.588. The zero-order chi connectivity index (χ0) is 14.7. The van der Waals surface area contributed by atoms with Gasteiger partial charge in [-0.05, 0) is 24.0 Å². The van der Waals surface area contributed by atoms with E-state index in [0.29, 0.717) is 19.2 Å². The summed E-state index contributed by atoms with van der Waals surface area (Å²) in [5.74, 6) is 0. The molecule has 0 spiro atoms. The van der Waals surface area contributed by atoms with Gasteiger partial charge in [-0.3, -0.25) is 0 Å². The second-order valence-electron chi connectivity index (χ2n) is 6.22. The molecule has 114 valence electrons. The van der Waals surface area contributed by atoms with Gasteiger partial charge in [0.05, 0.1) is 12.7 Å². The number of carbonyl (C=O) groups excluding carboxylic acids is 1. The molecule has 2 amide bonds. The number of nitrogens with zero attached hydrogens (tertiary/aromatic N) is 1. The maximum atomic E-state index is 12.2. The van der Waals surface area contributed by atoms with Crippen LogP contribution in [-0.2, 0) is 17.8 Å². The van der Waals surface area contributed by atoms with E-state index < -0.39 is 0 Å². The molecule has 1 aliphatic carbocycles. The standard InChI is InChI=1S/C17H24N2O2/c1-19(17(20)18-15-8-4-5-9-15)11-16-10-13-6-2-3-7-14(13)12-21-16/h2-3,6-7,15-16H,4-5,8-12H2,1H3,(H,18,20)/t16-/m1/s1. The van der Waals surface area contributed by atoms with Crippen molar-refractivity contribution in [2.45, 2.75) is 50.9 Å². The van der Waals surface area contributed by atoms with Crippen LogP contribution in [0.2, 0.25) is 0 Å². The molecule has 4 heteroatoms. The first-order valence-electron chi connectivity index (χ1n) is 7.92. The van der Waals surface area contributed by atoms with Crippen molar-refractivity contribution >= 4 is 6.03 Å². The first-order valence-corrected chi connectivity index (χ1v) is 7.92. The highest BCUT2D eigenvalue weighted by molar-refractivity contribution is 5.74. The van der Waals surface area contributed by atoms with Crippen LogP contribution in [0, 0.1) is 0 Å². The van der Waals surface area contributed by atoms with Gasteiger partial charge in [-0.15, -0.1) is 0 Å². The van der Waals surface area contributed by atoms with Gasteiger partial charge in [-0.25, -0.2) is 4.79 Å². The predicted molar refractivity (Wildman–Crippen MR) is 82.1 cm³/mol. The number of nitrogens with one attached hydrogen (secondary N) is 1. The van der Waals surface area contributed by atoms with Gasteiger partial charge in [-0.2, -0.15) is 0 Å². The third-order valence-corrected chi connectivity index (χ3v) is 4.55. The van der Waals surface area contributed by atoms with E-state index in [1.165, 1.54) is 24.0 Å². The van der Waals surface area contributed by atoms with Gasteiger partial charge in [0.25, 0.3) is 0 Å². The Balaban J connectivity index is 1.51. The number of ether oxygens (including phenoxy) is 1. The molecule has 0 aromatic heterocycles. The van der Waals surface area contributed by atoms with Crippen molar-refractivity contribution in [3.8, 4) is 0 Å². The minimum atomic E-state index is 0.0318. The van der Waals surface area contributed by atoms with E-state index in [0.717, 1.165) is 19.3 Å². The summed E-state index contributed by atoms with van der Waals surface area (Å²) in [5.41, 5.74) is 2.62. The SMILES string of the molecule is CN(C[C@H]1Cc2ccccc2CO1)C(=O)NC1CCCC1. The van der Waals surface area contributed by atoms with Gasteiger partial charge in [0.15, 0.2) is 0 Å². The second-order valence-corrected chi connectivity index (χ2v) is 6.22. The summed E-state index contributed by atoms with van der Waals surface area (Å²) in [6.07, 6.45) is 5.69. The fourth-order valence-corrected chi connectivity index (χ4v) is 3.27. The van der Waals surface area contributed by atoms with Gasteiger partial charge in [0.1, 0.15) is 0 Å². The average molecular weight is 288 g/mol. The third-order valence-electron chi connectivity index (χ3n) is 4.55. The molecule has 1 saturated carbocycles. The van der Waals surface area contributed by atoms with Crippen molar-refractivity contribution in [1.82, 2.24) is 10.2 Å². The fourth-order valence-electron chi connectivity index (χ4n) is 3.27. The first-order chi connectivity index (χ1) is 10.2. The number of carbonyl (C=O) groups is 1. The van der Waals surface area contributed by atoms with Crippen molar-refractivity contribution in [2.75, 3.05) is 13.6 Å². The Morgan fingerprint density at radius 3 is 2.76 bits per heavy atom. The summed E-state index contributed by atoms with van der Waals surface area (Å²) in [7, 11) is 1.86. The van der Waals surface area contributed by atoms with Crippen LogP contribution in [0.5, 0.6) is 0 Å². The van der Waals surface area contributed by atoms with Crippen LogP contribution in [0.15, 0.2) is 24.3 Å². The lowest BCUT2D eigenvalue weighted by Gasteiger charge is -2.29. The molecule has 3 rings (SSSR count). The number of urea groups is 1. The maximum absolute atomic E-state index is 12.2. The molecule has 0 bridgehead atoms. The molecule has 1 heterocycles. The summed E-state index contributed by atoms with van der Waals surface area (Å²) in [6, 6.07) is 8.78. The number of hydrogen-bond donors (Lipinski definition) is 1. The Morgan fingerprint density at radius 1 is 1.29 bits per heavy atom. The number of hydrogen-bond acceptors (Lipinski definition) is 2. The summed E-state index contributed by atoms with van der Waals surface area (Å²) in [4.78, 5) is 13.9. The highest BCUT2D eigenvalue weighted by Crippen LogP contribution is 2.21. The van der Waals surface area contributed by atoms with Gasteiger partial charge >= 0.3 is 6.03 Å². The number of likely N-dealkylation sites (N-methyl/N-ethyl adjacent to an activating group) is 1. The third kappa shape index (κ3) is 3.56. The molecule has 1 atom stereocenters. The largest absolute Gasteiger partial charge is 0.371 e. The monoisotopic (exact) mass is 288 g/mol. The van der Waals surface area contributed by atoms with Crippen LogP contribution < -0.4 is 5.32 Å². The highest BCUT2D eigenvalue weighted by atomic mass is 16.5. The van der Waals surface area contributed by atoms with Gasteiger partial charge < -0.3 is 15.0 Å². The van der Waals surface area contributed by atoms with Crippen molar-refractivity contribution in [1.29, 1.82) is 0 Å². The molecule has 1 aromatic rings. The van der Waals surface area contributed by atoms with E-state index in [9.17, 15) is 4.79 Å². The van der Waals surface area contributed by atoms with E-state index in [1.54, 1.807) is 4.90 Å². The van der Waals surface area contributed by atoms with Crippen molar-refractivity contribution < 1.29 is 9.53 Å². The van der Waals surface area contributed by atoms with E-state index in [4.69, 9.17) is 4.74 Å². The lowest BCUT2D eigenvalue weighted by Crippen LogP contribution is -2.46. The summed E-state index contributed by atoms with van der Waals surface area (Å²) in [6.45, 7) is 1.30. The van der Waals surface area contributed by atoms with Crippen molar-refractivity contribution in [3.63, 3.8) is 0 Å². The molecule has 4 nitrogen and oxygen atoms in total. The zero-order valence-electron chi connectivity index (χ0n) is 12.7. The topological polar surface area (TPSA) is 41.6 Å². The molecule has 21 heavy (non-hydrogen) atoms. The minimum Gasteiger partial charge on any atom is -0.371 e. The van der Waals surface area contributed by atoms with Crippen LogP contribution in [0.3, 0.4) is 0 Å². The molecule has 2 aliphatic rings. The van der Waals surface area contributed by atoms with E-state index >= 15 is 0 Å². The van der Waals surface area contributed by atoms with Gasteiger partial charge in [-0.1, -0.05) is 37.1 Å². The smallest absolute Gasteiger partial charge is 0.317 e. The summed E-state index contributed by atoms with van der Waals surface area (Å²) in [5, 5.41) is 3.12. The molecule has 0 unspecified atom stereocenters. The Hall–Kier alpha value is -1.55. The quantitative estimate of drug-likeness (QED) is 0.929. The number of rotatable bonds is 3. The Morgan fingerprint density at radius 2 is 2.00 bits per heavy atom. The van der Waals surface area contributed by atoms with Crippen molar-refractivity contribution in [3.05, 3.63) is 35.4 Å². The number of amides is 2. The molecule has 1 fully saturated rings. The molecule has 0 saturated heterocycles. The molecule has 0 radical (unpaired) electrons. The van der Waals surface area contributed by atoms with Gasteiger partial charge in [0, 0.05) is 26.1 Å². The van der Waals surface area contributed by atoms with Crippen LogP contribution in [-0.4, -0.2) is 36.7 Å². The number of benzene rings is 1. The zero-order valence-corrected chi connectivity index (χ0v) is 12.7. The second kappa shape index (κ2) is 6.48. The van der Waals surface area contributed by atoms with Crippen LogP contribution >= 0.6 is 0 Å². The van der Waals surface area contributed by atoms with E-state index in [1.807, 2.05) is 13.1 Å². The normalized spacial score (nSPS) is 21.9.